The van der Waals surface area contributed by atoms with Crippen LogP contribution in [0.15, 0.2) is 12.1 Å². The highest BCUT2D eigenvalue weighted by molar-refractivity contribution is 5.96. The molecule has 0 aromatic heterocycles. The van der Waals surface area contributed by atoms with Gasteiger partial charge in [-0.25, -0.2) is 0 Å². The second-order valence-electron chi connectivity index (χ2n) is 8.75. The van der Waals surface area contributed by atoms with Crippen molar-refractivity contribution in [3.8, 4) is 17.2 Å². The van der Waals surface area contributed by atoms with Crippen molar-refractivity contribution in [2.45, 2.75) is 64.8 Å². The average molecular weight is 388 g/mol. The topological polar surface area (TPSA) is 56.8 Å². The van der Waals surface area contributed by atoms with E-state index >= 15 is 0 Å². The predicted octanol–water partition coefficient (Wildman–Crippen LogP) is 4.58. The van der Waals surface area contributed by atoms with Gasteiger partial charge < -0.3 is 19.5 Å². The minimum Gasteiger partial charge on any atom is -0.490 e. The molecule has 4 aliphatic rings. The molecule has 1 amide bonds. The molecule has 154 valence electrons. The minimum absolute atomic E-state index is 0.0119. The van der Waals surface area contributed by atoms with E-state index < -0.39 is 0 Å². The van der Waals surface area contributed by atoms with Crippen LogP contribution in [0, 0.1) is 17.8 Å². The summed E-state index contributed by atoms with van der Waals surface area (Å²) in [6, 6.07) is 3.60. The normalized spacial score (nSPS) is 30.2. The summed E-state index contributed by atoms with van der Waals surface area (Å²) in [6.07, 6.45) is 7.50. The predicted molar refractivity (Wildman–Crippen MR) is 108 cm³/mol. The molecular formula is C23H33NO4. The SMILES string of the molecule is CCOc1cc(C(=O)NC23CC4CC(CC(C4)C2)C3)cc(OCC)c1OCC. The average Bonchev–Trinajstić information content (AvgIpc) is 2.63. The van der Waals surface area contributed by atoms with Crippen molar-refractivity contribution >= 4 is 5.91 Å². The van der Waals surface area contributed by atoms with Gasteiger partial charge in [-0.1, -0.05) is 0 Å². The molecule has 5 nitrogen and oxygen atoms in total. The summed E-state index contributed by atoms with van der Waals surface area (Å²) in [7, 11) is 0. The van der Waals surface area contributed by atoms with E-state index in [1.807, 2.05) is 20.8 Å². The molecule has 4 saturated carbocycles. The molecule has 4 fully saturated rings. The van der Waals surface area contributed by atoms with E-state index in [1.54, 1.807) is 12.1 Å². The number of ether oxygens (including phenoxy) is 3. The Balaban J connectivity index is 1.60. The van der Waals surface area contributed by atoms with E-state index in [2.05, 4.69) is 5.32 Å². The van der Waals surface area contributed by atoms with Crippen LogP contribution in [0.1, 0.15) is 69.7 Å². The number of carbonyl (C=O) groups is 1. The molecule has 28 heavy (non-hydrogen) atoms. The monoisotopic (exact) mass is 387 g/mol. The van der Waals surface area contributed by atoms with Gasteiger partial charge in [0.2, 0.25) is 5.75 Å². The number of rotatable bonds is 8. The summed E-state index contributed by atoms with van der Waals surface area (Å²) in [5.41, 5.74) is 0.577. The van der Waals surface area contributed by atoms with Crippen molar-refractivity contribution in [3.63, 3.8) is 0 Å². The first kappa shape index (κ1) is 19.4. The van der Waals surface area contributed by atoms with Crippen LogP contribution in [0.5, 0.6) is 17.2 Å². The maximum absolute atomic E-state index is 13.2. The van der Waals surface area contributed by atoms with Gasteiger partial charge in [-0.3, -0.25) is 4.79 Å². The molecular weight excluding hydrogens is 354 g/mol. The molecule has 0 aliphatic heterocycles. The third kappa shape index (κ3) is 3.68. The van der Waals surface area contributed by atoms with Gasteiger partial charge in [0.25, 0.3) is 5.91 Å². The fourth-order valence-electron chi connectivity index (χ4n) is 6.10. The Bertz CT molecular complexity index is 667. The Kier molecular flexibility index (Phi) is 5.44. The molecule has 5 rings (SSSR count). The summed E-state index contributed by atoms with van der Waals surface area (Å²) in [5.74, 6) is 4.10. The number of amides is 1. The number of carbonyl (C=O) groups excluding carboxylic acids is 1. The van der Waals surface area contributed by atoms with Crippen molar-refractivity contribution in [1.82, 2.24) is 5.32 Å². The Labute approximate surface area is 168 Å². The molecule has 0 heterocycles. The van der Waals surface area contributed by atoms with Crippen LogP contribution in [0.25, 0.3) is 0 Å². The highest BCUT2D eigenvalue weighted by Crippen LogP contribution is 2.55. The summed E-state index contributed by atoms with van der Waals surface area (Å²) in [4.78, 5) is 13.2. The molecule has 0 radical (unpaired) electrons. The van der Waals surface area contributed by atoms with Crippen LogP contribution in [0.3, 0.4) is 0 Å². The fourth-order valence-corrected chi connectivity index (χ4v) is 6.10. The molecule has 5 heteroatoms. The third-order valence-electron chi connectivity index (χ3n) is 6.59. The number of hydrogen-bond donors (Lipinski definition) is 1. The molecule has 0 atom stereocenters. The van der Waals surface area contributed by atoms with Gasteiger partial charge in [0, 0.05) is 11.1 Å². The standard InChI is InChI=1S/C23H33NO4/c1-4-26-19-10-18(11-20(27-5-2)21(19)28-6-3)22(25)24-23-12-15-7-16(13-23)9-17(8-15)14-23/h10-11,15-17H,4-9,12-14H2,1-3H3,(H,24,25). The third-order valence-corrected chi connectivity index (χ3v) is 6.59. The van der Waals surface area contributed by atoms with Crippen molar-refractivity contribution in [1.29, 1.82) is 0 Å². The van der Waals surface area contributed by atoms with Crippen LogP contribution in [-0.4, -0.2) is 31.3 Å². The Morgan fingerprint density at radius 1 is 0.893 bits per heavy atom. The quantitative estimate of drug-likeness (QED) is 0.709. The lowest BCUT2D eigenvalue weighted by Crippen LogP contribution is -2.59. The first-order valence-electron chi connectivity index (χ1n) is 10.9. The first-order chi connectivity index (χ1) is 13.6. The number of hydrogen-bond acceptors (Lipinski definition) is 4. The van der Waals surface area contributed by atoms with Crippen LogP contribution in [0.4, 0.5) is 0 Å². The van der Waals surface area contributed by atoms with Gasteiger partial charge in [0.05, 0.1) is 19.8 Å². The van der Waals surface area contributed by atoms with Gasteiger partial charge in [0.15, 0.2) is 11.5 Å². The number of benzene rings is 1. The van der Waals surface area contributed by atoms with E-state index in [9.17, 15) is 4.79 Å². The van der Waals surface area contributed by atoms with E-state index in [-0.39, 0.29) is 11.4 Å². The molecule has 0 spiro atoms. The maximum atomic E-state index is 13.2. The zero-order valence-electron chi connectivity index (χ0n) is 17.4. The summed E-state index contributed by atoms with van der Waals surface area (Å²) in [5, 5.41) is 3.44. The molecule has 4 bridgehead atoms. The van der Waals surface area contributed by atoms with Crippen LogP contribution < -0.4 is 19.5 Å². The van der Waals surface area contributed by atoms with Crippen LogP contribution in [0.2, 0.25) is 0 Å². The van der Waals surface area contributed by atoms with E-state index in [4.69, 9.17) is 14.2 Å². The number of nitrogens with one attached hydrogen (secondary N) is 1. The van der Waals surface area contributed by atoms with Gasteiger partial charge in [0.1, 0.15) is 0 Å². The van der Waals surface area contributed by atoms with E-state index in [1.165, 1.54) is 19.3 Å². The van der Waals surface area contributed by atoms with Crippen molar-refractivity contribution in [2.75, 3.05) is 19.8 Å². The Morgan fingerprint density at radius 2 is 1.36 bits per heavy atom. The van der Waals surface area contributed by atoms with Gasteiger partial charge in [-0.2, -0.15) is 0 Å². The lowest BCUT2D eigenvalue weighted by Gasteiger charge is -2.56. The second-order valence-corrected chi connectivity index (χ2v) is 8.75. The highest BCUT2D eigenvalue weighted by Gasteiger charge is 2.51. The molecule has 1 aromatic carbocycles. The van der Waals surface area contributed by atoms with Crippen molar-refractivity contribution < 1.29 is 19.0 Å². The summed E-state index contributed by atoms with van der Waals surface area (Å²) in [6.45, 7) is 7.31. The summed E-state index contributed by atoms with van der Waals surface area (Å²) < 4.78 is 17.3. The Morgan fingerprint density at radius 3 is 1.79 bits per heavy atom. The van der Waals surface area contributed by atoms with Crippen LogP contribution >= 0.6 is 0 Å². The van der Waals surface area contributed by atoms with Gasteiger partial charge >= 0.3 is 0 Å². The van der Waals surface area contributed by atoms with Gasteiger partial charge in [-0.05, 0) is 89.2 Å². The summed E-state index contributed by atoms with van der Waals surface area (Å²) >= 11 is 0. The molecule has 0 saturated heterocycles. The van der Waals surface area contributed by atoms with Gasteiger partial charge in [-0.15, -0.1) is 0 Å². The lowest BCUT2D eigenvalue weighted by molar-refractivity contribution is -0.0167. The lowest BCUT2D eigenvalue weighted by atomic mass is 9.53. The van der Waals surface area contributed by atoms with Crippen LogP contribution in [-0.2, 0) is 0 Å². The Hall–Kier alpha value is -1.91. The zero-order chi connectivity index (χ0) is 19.7. The molecule has 0 unspecified atom stereocenters. The fraction of sp³-hybridized carbons (Fsp3) is 0.696. The highest BCUT2D eigenvalue weighted by atomic mass is 16.5. The first-order valence-corrected chi connectivity index (χ1v) is 10.9. The maximum Gasteiger partial charge on any atom is 0.251 e. The molecule has 4 aliphatic carbocycles. The van der Waals surface area contributed by atoms with Crippen molar-refractivity contribution in [3.05, 3.63) is 17.7 Å². The smallest absolute Gasteiger partial charge is 0.251 e. The van der Waals surface area contributed by atoms with E-state index in [0.29, 0.717) is 42.6 Å². The second kappa shape index (κ2) is 7.84. The molecule has 1 N–H and O–H groups in total. The minimum atomic E-state index is -0.0214. The zero-order valence-corrected chi connectivity index (χ0v) is 17.4. The largest absolute Gasteiger partial charge is 0.490 e. The molecule has 1 aromatic rings. The van der Waals surface area contributed by atoms with Crippen molar-refractivity contribution in [2.24, 2.45) is 17.8 Å². The van der Waals surface area contributed by atoms with E-state index in [0.717, 1.165) is 37.0 Å².